The summed E-state index contributed by atoms with van der Waals surface area (Å²) in [4.78, 5) is 18.7. The van der Waals surface area contributed by atoms with E-state index >= 15 is 0 Å². The first-order chi connectivity index (χ1) is 15.0. The van der Waals surface area contributed by atoms with Gasteiger partial charge in [0.15, 0.2) is 6.17 Å². The fourth-order valence-corrected chi connectivity index (χ4v) is 4.21. The average Bonchev–Trinajstić information content (AvgIpc) is 3.44. The lowest BCUT2D eigenvalue weighted by Gasteiger charge is -2.21. The Morgan fingerprint density at radius 1 is 1.32 bits per heavy atom. The Balaban J connectivity index is 1.35. The van der Waals surface area contributed by atoms with Crippen LogP contribution in [-0.4, -0.2) is 46.9 Å². The number of hydrazine groups is 2. The molecule has 0 bridgehead atoms. The Morgan fingerprint density at radius 3 is 2.87 bits per heavy atom. The molecule has 0 saturated carbocycles. The van der Waals surface area contributed by atoms with Crippen molar-refractivity contribution in [2.45, 2.75) is 24.7 Å². The van der Waals surface area contributed by atoms with Gasteiger partial charge in [-0.05, 0) is 35.7 Å². The number of amides is 1. The summed E-state index contributed by atoms with van der Waals surface area (Å²) < 4.78 is 5.54. The lowest BCUT2D eigenvalue weighted by Crippen LogP contribution is -2.41. The lowest BCUT2D eigenvalue weighted by atomic mass is 10.0. The monoisotopic (exact) mass is 421 g/mol. The van der Waals surface area contributed by atoms with Crippen molar-refractivity contribution in [3.63, 3.8) is 0 Å². The summed E-state index contributed by atoms with van der Waals surface area (Å²) in [6.45, 7) is 0.370. The number of carbonyl (C=O) groups excluding carboxylic acids is 1. The van der Waals surface area contributed by atoms with Crippen LogP contribution in [0.2, 0.25) is 0 Å². The van der Waals surface area contributed by atoms with Crippen LogP contribution in [0.4, 0.5) is 10.5 Å². The maximum absolute atomic E-state index is 12.5. The highest BCUT2D eigenvalue weighted by Gasteiger charge is 2.47. The van der Waals surface area contributed by atoms with E-state index in [9.17, 15) is 4.79 Å². The molecule has 1 aromatic heterocycles. The van der Waals surface area contributed by atoms with Crippen molar-refractivity contribution in [2.75, 3.05) is 18.5 Å². The highest BCUT2D eigenvalue weighted by molar-refractivity contribution is 5.94. The zero-order chi connectivity index (χ0) is 21.5. The van der Waals surface area contributed by atoms with Crippen molar-refractivity contribution in [1.29, 1.82) is 0 Å². The molecule has 0 radical (unpaired) electrons. The third-order valence-corrected chi connectivity index (χ3v) is 5.66. The first-order valence-corrected chi connectivity index (χ1v) is 9.93. The quantitative estimate of drug-likeness (QED) is 0.487. The van der Waals surface area contributed by atoms with Gasteiger partial charge in [0.05, 0.1) is 24.0 Å². The molecule has 3 atom stereocenters. The number of carbonyl (C=O) groups is 1. The number of benzene rings is 1. The van der Waals surface area contributed by atoms with Gasteiger partial charge >= 0.3 is 6.09 Å². The van der Waals surface area contributed by atoms with Gasteiger partial charge < -0.3 is 15.5 Å². The number of hydrogen-bond donors (Lipinski definition) is 3. The van der Waals surface area contributed by atoms with Crippen molar-refractivity contribution < 1.29 is 9.53 Å². The lowest BCUT2D eigenvalue weighted by molar-refractivity contribution is 0.110. The maximum Gasteiger partial charge on any atom is 0.415 e. The second-order valence-electron chi connectivity index (χ2n) is 7.68. The predicted molar refractivity (Wildman–Crippen MR) is 113 cm³/mol. The molecule has 11 nitrogen and oxygen atoms in total. The van der Waals surface area contributed by atoms with Crippen LogP contribution < -0.4 is 21.9 Å². The normalized spacial score (nSPS) is 24.1. The number of cyclic esters (lactones) is 1. The molecule has 1 fully saturated rings. The van der Waals surface area contributed by atoms with Gasteiger partial charge in [-0.25, -0.2) is 15.8 Å². The van der Waals surface area contributed by atoms with Crippen LogP contribution in [0.25, 0.3) is 11.1 Å². The van der Waals surface area contributed by atoms with Gasteiger partial charge in [0.25, 0.3) is 0 Å². The summed E-state index contributed by atoms with van der Waals surface area (Å²) in [6.07, 6.45) is 4.47. The fraction of sp³-hybridized carbons (Fsp3) is 0.300. The van der Waals surface area contributed by atoms with E-state index in [0.717, 1.165) is 28.1 Å². The number of anilines is 1. The van der Waals surface area contributed by atoms with Gasteiger partial charge in [-0.3, -0.25) is 9.88 Å². The maximum atomic E-state index is 12.5. The Kier molecular flexibility index (Phi) is 4.68. The number of nitrogens with one attached hydrogen (secondary N) is 1. The molecule has 31 heavy (non-hydrogen) atoms. The standard InChI is InChI=1S/C20H23N9O2/c1-27-25-19(24-26-27)15-4-2-13(10-23-15)12-3-5-16-14(8-12)9-17-18(11-28(22)7-6-21)31-20(30)29(16)17/h2-8,10,17-19,25H,9,11,21-22H2,1H3/b7-6-. The first kappa shape index (κ1) is 19.3. The summed E-state index contributed by atoms with van der Waals surface area (Å²) in [5.41, 5.74) is 13.3. The smallest absolute Gasteiger partial charge is 0.415 e. The van der Waals surface area contributed by atoms with Crippen LogP contribution in [0, 0.1) is 0 Å². The molecule has 5 rings (SSSR count). The Hall–Kier alpha value is -3.70. The van der Waals surface area contributed by atoms with E-state index in [1.54, 1.807) is 23.3 Å². The number of aromatic nitrogens is 1. The van der Waals surface area contributed by atoms with Crippen LogP contribution in [0.1, 0.15) is 17.4 Å². The van der Waals surface area contributed by atoms with Crippen molar-refractivity contribution >= 4 is 11.8 Å². The second-order valence-corrected chi connectivity index (χ2v) is 7.68. The zero-order valence-electron chi connectivity index (χ0n) is 16.9. The molecule has 0 spiro atoms. The average molecular weight is 421 g/mol. The van der Waals surface area contributed by atoms with E-state index < -0.39 is 0 Å². The van der Waals surface area contributed by atoms with Crippen LogP contribution >= 0.6 is 0 Å². The number of nitrogens with zero attached hydrogens (tertiary/aromatic N) is 6. The van der Waals surface area contributed by atoms with Gasteiger partial charge in [0.2, 0.25) is 0 Å². The highest BCUT2D eigenvalue weighted by atomic mass is 16.6. The molecule has 1 saturated heterocycles. The molecular weight excluding hydrogens is 398 g/mol. The predicted octanol–water partition coefficient (Wildman–Crippen LogP) is 1.42. The number of pyridine rings is 1. The summed E-state index contributed by atoms with van der Waals surface area (Å²) in [5, 5.41) is 11.0. The van der Waals surface area contributed by atoms with Crippen molar-refractivity contribution in [1.82, 2.24) is 20.5 Å². The van der Waals surface area contributed by atoms with Gasteiger partial charge in [-0.15, -0.1) is 5.11 Å². The van der Waals surface area contributed by atoms with Gasteiger partial charge in [-0.2, -0.15) is 5.43 Å². The first-order valence-electron chi connectivity index (χ1n) is 9.93. The van der Waals surface area contributed by atoms with Crippen molar-refractivity contribution in [2.24, 2.45) is 21.9 Å². The van der Waals surface area contributed by atoms with Crippen molar-refractivity contribution in [3.05, 3.63) is 60.2 Å². The molecular formula is C20H23N9O2. The van der Waals surface area contributed by atoms with Gasteiger partial charge in [-0.1, -0.05) is 17.4 Å². The summed E-state index contributed by atoms with van der Waals surface area (Å²) >= 11 is 0. The number of rotatable bonds is 5. The molecule has 2 aromatic rings. The molecule has 1 amide bonds. The number of nitrogens with two attached hydrogens (primary N) is 2. The molecule has 5 N–H and O–H groups in total. The summed E-state index contributed by atoms with van der Waals surface area (Å²) in [6, 6.07) is 9.92. The summed E-state index contributed by atoms with van der Waals surface area (Å²) in [7, 11) is 1.79. The van der Waals surface area contributed by atoms with Crippen LogP contribution in [-0.2, 0) is 11.2 Å². The minimum atomic E-state index is -0.346. The van der Waals surface area contributed by atoms with Crippen molar-refractivity contribution in [3.8, 4) is 11.1 Å². The van der Waals surface area contributed by atoms with E-state index in [1.807, 2.05) is 30.5 Å². The minimum Gasteiger partial charge on any atom is -0.442 e. The number of hydrogen-bond acceptors (Lipinski definition) is 10. The highest BCUT2D eigenvalue weighted by Crippen LogP contribution is 2.40. The molecule has 11 heteroatoms. The number of ether oxygens (including phenoxy) is 1. The molecule has 3 aliphatic heterocycles. The fourth-order valence-electron chi connectivity index (χ4n) is 4.21. The largest absolute Gasteiger partial charge is 0.442 e. The molecule has 3 unspecified atom stereocenters. The van der Waals surface area contributed by atoms with Gasteiger partial charge in [0.1, 0.15) is 6.10 Å². The summed E-state index contributed by atoms with van der Waals surface area (Å²) in [5.74, 6) is 5.89. The zero-order valence-corrected chi connectivity index (χ0v) is 16.9. The Labute approximate surface area is 178 Å². The second kappa shape index (κ2) is 7.52. The van der Waals surface area contributed by atoms with E-state index in [2.05, 4.69) is 26.8 Å². The van der Waals surface area contributed by atoms with E-state index in [1.165, 1.54) is 11.2 Å². The molecule has 1 aromatic carbocycles. The van der Waals surface area contributed by atoms with Crippen LogP contribution in [0.3, 0.4) is 0 Å². The third-order valence-electron chi connectivity index (χ3n) is 5.66. The van der Waals surface area contributed by atoms with Gasteiger partial charge in [0, 0.05) is 31.2 Å². The molecule has 160 valence electrons. The minimum absolute atomic E-state index is 0.0914. The molecule has 4 heterocycles. The third kappa shape index (κ3) is 3.43. The van der Waals surface area contributed by atoms with E-state index in [0.29, 0.717) is 13.0 Å². The van der Waals surface area contributed by atoms with Crippen LogP contribution in [0.15, 0.2) is 59.3 Å². The number of fused-ring (bicyclic) bond motifs is 3. The SMILES string of the molecule is CN1N=NC(c2ccc(-c3ccc4c(c3)CC3C(CN(N)/C=C\N)OC(=O)N43)cn2)N1. The molecule has 3 aliphatic rings. The van der Waals surface area contributed by atoms with E-state index in [-0.39, 0.29) is 24.4 Å². The van der Waals surface area contributed by atoms with Crippen LogP contribution in [0.5, 0.6) is 0 Å². The van der Waals surface area contributed by atoms with E-state index in [4.69, 9.17) is 16.3 Å². The molecule has 0 aliphatic carbocycles. The topological polar surface area (TPSA) is 138 Å². The Bertz CT molecular complexity index is 1060. The Morgan fingerprint density at radius 2 is 2.16 bits per heavy atom.